The number of aliphatic hydroxyl groups excluding tert-OH is 1. The molecule has 2 rings (SSSR count). The van der Waals surface area contributed by atoms with Crippen LogP contribution in [0.15, 0.2) is 18.2 Å². The van der Waals surface area contributed by atoms with Gasteiger partial charge < -0.3 is 14.6 Å². The molecule has 1 aromatic heterocycles. The maximum absolute atomic E-state index is 9.20. The van der Waals surface area contributed by atoms with Crippen LogP contribution in [-0.2, 0) is 19.4 Å². The molecule has 0 spiro atoms. The van der Waals surface area contributed by atoms with Crippen molar-refractivity contribution in [3.05, 3.63) is 35.2 Å². The van der Waals surface area contributed by atoms with Crippen molar-refractivity contribution < 1.29 is 14.6 Å². The smallest absolute Gasteiger partial charge is 0.171 e. The molecule has 0 atom stereocenters. The molecule has 0 fully saturated rings. The Morgan fingerprint density at radius 3 is 2.61 bits per heavy atom. The summed E-state index contributed by atoms with van der Waals surface area (Å²) in [6.45, 7) is 4.46. The van der Waals surface area contributed by atoms with Gasteiger partial charge in [-0.2, -0.15) is 10.4 Å². The van der Waals surface area contributed by atoms with E-state index in [1.165, 1.54) is 0 Å². The Balaban J connectivity index is 2.49. The van der Waals surface area contributed by atoms with Crippen LogP contribution >= 0.6 is 0 Å². The quantitative estimate of drug-likeness (QED) is 0.849. The molecule has 6 nitrogen and oxygen atoms in total. The molecule has 1 heterocycles. The number of rotatable bonds is 7. The van der Waals surface area contributed by atoms with E-state index in [0.29, 0.717) is 35.8 Å². The van der Waals surface area contributed by atoms with Gasteiger partial charge in [0, 0.05) is 6.07 Å². The normalized spacial score (nSPS) is 10.4. The highest BCUT2D eigenvalue weighted by Gasteiger charge is 2.19. The van der Waals surface area contributed by atoms with Crippen LogP contribution < -0.4 is 9.47 Å². The average Bonchev–Trinajstić information content (AvgIpc) is 2.91. The van der Waals surface area contributed by atoms with Gasteiger partial charge in [0.1, 0.15) is 5.69 Å². The molecule has 0 aliphatic rings. The van der Waals surface area contributed by atoms with E-state index in [4.69, 9.17) is 14.7 Å². The Kier molecular flexibility index (Phi) is 5.61. The summed E-state index contributed by atoms with van der Waals surface area (Å²) < 4.78 is 13.2. The van der Waals surface area contributed by atoms with Gasteiger partial charge >= 0.3 is 0 Å². The lowest BCUT2D eigenvalue weighted by molar-refractivity contribution is 0.267. The van der Waals surface area contributed by atoms with Crippen molar-refractivity contribution in [3.8, 4) is 23.3 Å². The third-order valence-electron chi connectivity index (χ3n) is 3.56. The van der Waals surface area contributed by atoms with E-state index >= 15 is 0 Å². The van der Waals surface area contributed by atoms with Crippen molar-refractivity contribution in [2.45, 2.75) is 33.2 Å². The van der Waals surface area contributed by atoms with E-state index in [1.54, 1.807) is 30.0 Å². The fraction of sp³-hybridized carbons (Fsp3) is 0.412. The highest BCUT2D eigenvalue weighted by Crippen LogP contribution is 2.36. The van der Waals surface area contributed by atoms with Gasteiger partial charge in [0.15, 0.2) is 17.2 Å². The van der Waals surface area contributed by atoms with E-state index in [1.807, 2.05) is 13.8 Å². The van der Waals surface area contributed by atoms with E-state index in [2.05, 4.69) is 11.2 Å². The first-order valence-corrected chi connectivity index (χ1v) is 7.63. The van der Waals surface area contributed by atoms with Gasteiger partial charge in [-0.1, -0.05) is 13.8 Å². The summed E-state index contributed by atoms with van der Waals surface area (Å²) in [5.41, 5.74) is 2.24. The summed E-state index contributed by atoms with van der Waals surface area (Å²) in [6.07, 6.45) is 1.43. The van der Waals surface area contributed by atoms with Crippen molar-refractivity contribution in [2.24, 2.45) is 0 Å². The van der Waals surface area contributed by atoms with Crippen LogP contribution in [0.4, 0.5) is 0 Å². The Bertz CT molecular complexity index is 717. The zero-order valence-electron chi connectivity index (χ0n) is 13.7. The standard InChI is InChI=1S/C17H21N3O3/c1-4-13-17(14(5-2)20(19-13)8-9-21)23-16-10-12(11-18)6-7-15(16)22-3/h6-7,10,21H,4-5,8-9H2,1-3H3. The molecular weight excluding hydrogens is 294 g/mol. The zero-order valence-corrected chi connectivity index (χ0v) is 13.7. The number of methoxy groups -OCH3 is 1. The highest BCUT2D eigenvalue weighted by molar-refractivity contribution is 5.50. The highest BCUT2D eigenvalue weighted by atomic mass is 16.5. The van der Waals surface area contributed by atoms with E-state index < -0.39 is 0 Å². The predicted octanol–water partition coefficient (Wildman–Crippen LogP) is 2.67. The summed E-state index contributed by atoms with van der Waals surface area (Å²) in [4.78, 5) is 0. The Labute approximate surface area is 135 Å². The predicted molar refractivity (Wildman–Crippen MR) is 85.9 cm³/mol. The van der Waals surface area contributed by atoms with Crippen molar-refractivity contribution >= 4 is 0 Å². The molecule has 0 saturated heterocycles. The third-order valence-corrected chi connectivity index (χ3v) is 3.56. The minimum atomic E-state index is 0.0184. The third kappa shape index (κ3) is 3.46. The maximum Gasteiger partial charge on any atom is 0.171 e. The Morgan fingerprint density at radius 2 is 2.04 bits per heavy atom. The first-order valence-electron chi connectivity index (χ1n) is 7.63. The molecule has 23 heavy (non-hydrogen) atoms. The number of aromatic nitrogens is 2. The van der Waals surface area contributed by atoms with Gasteiger partial charge in [0.05, 0.1) is 37.6 Å². The molecule has 1 aromatic carbocycles. The molecular formula is C17H21N3O3. The number of aliphatic hydroxyl groups is 1. The van der Waals surface area contributed by atoms with Gasteiger partial charge in [-0.05, 0) is 25.0 Å². The van der Waals surface area contributed by atoms with Gasteiger partial charge in [-0.3, -0.25) is 4.68 Å². The second-order valence-electron chi connectivity index (χ2n) is 4.96. The minimum absolute atomic E-state index is 0.0184. The van der Waals surface area contributed by atoms with Crippen LogP contribution in [0.2, 0.25) is 0 Å². The molecule has 2 aromatic rings. The van der Waals surface area contributed by atoms with Crippen LogP contribution in [0.5, 0.6) is 17.2 Å². The molecule has 0 aliphatic carbocycles. The zero-order chi connectivity index (χ0) is 16.8. The lowest BCUT2D eigenvalue weighted by Crippen LogP contribution is -2.08. The van der Waals surface area contributed by atoms with E-state index in [9.17, 15) is 5.11 Å². The number of hydrogen-bond acceptors (Lipinski definition) is 5. The summed E-state index contributed by atoms with van der Waals surface area (Å²) in [5.74, 6) is 1.72. The molecule has 0 amide bonds. The molecule has 0 radical (unpaired) electrons. The van der Waals surface area contributed by atoms with Crippen LogP contribution in [0.3, 0.4) is 0 Å². The fourth-order valence-corrected chi connectivity index (χ4v) is 2.44. The topological polar surface area (TPSA) is 80.3 Å². The average molecular weight is 315 g/mol. The SMILES string of the molecule is CCc1nn(CCO)c(CC)c1Oc1cc(C#N)ccc1OC. The Morgan fingerprint density at radius 1 is 1.26 bits per heavy atom. The van der Waals surface area contributed by atoms with Gasteiger partial charge in [0.25, 0.3) is 0 Å². The van der Waals surface area contributed by atoms with Crippen LogP contribution in [-0.4, -0.2) is 28.6 Å². The molecule has 6 heteroatoms. The molecule has 1 N–H and O–H groups in total. The number of hydrogen-bond donors (Lipinski definition) is 1. The molecule has 122 valence electrons. The Hall–Kier alpha value is -2.52. The van der Waals surface area contributed by atoms with Crippen molar-refractivity contribution in [3.63, 3.8) is 0 Å². The second-order valence-corrected chi connectivity index (χ2v) is 4.96. The summed E-state index contributed by atoms with van der Waals surface area (Å²) in [6, 6.07) is 7.15. The first kappa shape index (κ1) is 16.8. The van der Waals surface area contributed by atoms with Crippen molar-refractivity contribution in [1.82, 2.24) is 9.78 Å². The first-order chi connectivity index (χ1) is 11.2. The molecule has 0 unspecified atom stereocenters. The lowest BCUT2D eigenvalue weighted by atomic mass is 10.2. The maximum atomic E-state index is 9.20. The largest absolute Gasteiger partial charge is 0.493 e. The van der Waals surface area contributed by atoms with Gasteiger partial charge in [0.2, 0.25) is 0 Å². The number of aryl methyl sites for hydroxylation is 1. The van der Waals surface area contributed by atoms with Gasteiger partial charge in [-0.25, -0.2) is 0 Å². The van der Waals surface area contributed by atoms with E-state index in [0.717, 1.165) is 17.8 Å². The monoisotopic (exact) mass is 315 g/mol. The fourth-order valence-electron chi connectivity index (χ4n) is 2.44. The summed E-state index contributed by atoms with van der Waals surface area (Å²) in [7, 11) is 1.56. The number of benzene rings is 1. The molecule has 0 aliphatic heterocycles. The minimum Gasteiger partial charge on any atom is -0.493 e. The van der Waals surface area contributed by atoms with Crippen LogP contribution in [0.25, 0.3) is 0 Å². The van der Waals surface area contributed by atoms with Crippen LogP contribution in [0.1, 0.15) is 30.8 Å². The van der Waals surface area contributed by atoms with Crippen LogP contribution in [0, 0.1) is 11.3 Å². The molecule has 0 bridgehead atoms. The number of nitriles is 1. The lowest BCUT2D eigenvalue weighted by Gasteiger charge is -2.12. The number of ether oxygens (including phenoxy) is 2. The van der Waals surface area contributed by atoms with Crippen molar-refractivity contribution in [2.75, 3.05) is 13.7 Å². The summed E-state index contributed by atoms with van der Waals surface area (Å²) >= 11 is 0. The second kappa shape index (κ2) is 7.65. The summed E-state index contributed by atoms with van der Waals surface area (Å²) in [5, 5.41) is 22.8. The number of nitrogens with zero attached hydrogens (tertiary/aromatic N) is 3. The van der Waals surface area contributed by atoms with E-state index in [-0.39, 0.29) is 6.61 Å². The molecule has 0 saturated carbocycles. The van der Waals surface area contributed by atoms with Gasteiger partial charge in [-0.15, -0.1) is 0 Å². The van der Waals surface area contributed by atoms with Crippen molar-refractivity contribution in [1.29, 1.82) is 5.26 Å².